The van der Waals surface area contributed by atoms with Crippen molar-refractivity contribution in [2.24, 2.45) is 5.92 Å². The molecule has 104 valence electrons. The van der Waals surface area contributed by atoms with Gasteiger partial charge in [0.1, 0.15) is 5.78 Å². The number of nitrogens with zero attached hydrogens (tertiary/aromatic N) is 1. The molecule has 1 aromatic rings. The van der Waals surface area contributed by atoms with Gasteiger partial charge in [0, 0.05) is 23.5 Å². The molecule has 1 atom stereocenters. The van der Waals surface area contributed by atoms with E-state index in [2.05, 4.69) is 15.9 Å². The highest BCUT2D eigenvalue weighted by Crippen LogP contribution is 2.25. The van der Waals surface area contributed by atoms with Gasteiger partial charge in [-0.1, -0.05) is 15.9 Å². The second-order valence-electron chi connectivity index (χ2n) is 4.77. The van der Waals surface area contributed by atoms with E-state index in [1.165, 1.54) is 11.2 Å². The molecule has 0 bridgehead atoms. The van der Waals surface area contributed by atoms with E-state index in [0.29, 0.717) is 13.1 Å². The van der Waals surface area contributed by atoms with E-state index in [-0.39, 0.29) is 16.6 Å². The van der Waals surface area contributed by atoms with Crippen LogP contribution in [0.5, 0.6) is 0 Å². The predicted octanol–water partition coefficient (Wildman–Crippen LogP) is 2.44. The normalized spacial score (nSPS) is 21.3. The Morgan fingerprint density at radius 2 is 1.95 bits per heavy atom. The SMILES string of the molecule is CC(=O)C1CCCN(S(=O)(=O)c2ccc(Br)cc2)C1. The van der Waals surface area contributed by atoms with Crippen molar-refractivity contribution in [3.05, 3.63) is 28.7 Å². The van der Waals surface area contributed by atoms with E-state index < -0.39 is 10.0 Å². The van der Waals surface area contributed by atoms with Crippen LogP contribution in [-0.2, 0) is 14.8 Å². The second kappa shape index (κ2) is 5.73. The van der Waals surface area contributed by atoms with Crippen LogP contribution in [0.15, 0.2) is 33.6 Å². The number of rotatable bonds is 3. The Hall–Kier alpha value is -0.720. The molecule has 0 radical (unpaired) electrons. The minimum Gasteiger partial charge on any atom is -0.300 e. The molecular weight excluding hydrogens is 330 g/mol. The van der Waals surface area contributed by atoms with Crippen LogP contribution < -0.4 is 0 Å². The fourth-order valence-corrected chi connectivity index (χ4v) is 4.04. The maximum absolute atomic E-state index is 12.5. The van der Waals surface area contributed by atoms with Gasteiger partial charge in [0.05, 0.1) is 4.90 Å². The van der Waals surface area contributed by atoms with Crippen molar-refractivity contribution in [3.63, 3.8) is 0 Å². The van der Waals surface area contributed by atoms with E-state index in [0.717, 1.165) is 17.3 Å². The van der Waals surface area contributed by atoms with E-state index in [9.17, 15) is 13.2 Å². The van der Waals surface area contributed by atoms with Crippen LogP contribution in [-0.4, -0.2) is 31.6 Å². The Morgan fingerprint density at radius 3 is 2.53 bits per heavy atom. The van der Waals surface area contributed by atoms with E-state index in [1.807, 2.05) is 0 Å². The Morgan fingerprint density at radius 1 is 1.32 bits per heavy atom. The molecule has 0 N–H and O–H groups in total. The van der Waals surface area contributed by atoms with Gasteiger partial charge in [-0.2, -0.15) is 4.31 Å². The van der Waals surface area contributed by atoms with Crippen molar-refractivity contribution in [1.29, 1.82) is 0 Å². The summed E-state index contributed by atoms with van der Waals surface area (Å²) in [5, 5.41) is 0. The van der Waals surface area contributed by atoms with Crippen molar-refractivity contribution >= 4 is 31.7 Å². The zero-order valence-electron chi connectivity index (χ0n) is 10.7. The van der Waals surface area contributed by atoms with Gasteiger partial charge in [0.25, 0.3) is 0 Å². The Balaban J connectivity index is 2.24. The quantitative estimate of drug-likeness (QED) is 0.845. The third-order valence-corrected chi connectivity index (χ3v) is 5.82. The molecule has 1 aromatic carbocycles. The zero-order chi connectivity index (χ0) is 14.0. The third kappa shape index (κ3) is 3.24. The number of benzene rings is 1. The smallest absolute Gasteiger partial charge is 0.243 e. The molecule has 0 amide bonds. The van der Waals surface area contributed by atoms with Gasteiger partial charge < -0.3 is 0 Å². The molecule has 0 aliphatic carbocycles. The van der Waals surface area contributed by atoms with E-state index in [4.69, 9.17) is 0 Å². The molecule has 1 saturated heterocycles. The molecule has 0 aromatic heterocycles. The van der Waals surface area contributed by atoms with Gasteiger partial charge in [-0.05, 0) is 44.0 Å². The number of hydrogen-bond acceptors (Lipinski definition) is 3. The maximum Gasteiger partial charge on any atom is 0.243 e. The first-order chi connectivity index (χ1) is 8.91. The highest BCUT2D eigenvalue weighted by Gasteiger charge is 2.31. The lowest BCUT2D eigenvalue weighted by Crippen LogP contribution is -2.41. The number of ketones is 1. The highest BCUT2D eigenvalue weighted by molar-refractivity contribution is 9.10. The molecule has 1 unspecified atom stereocenters. The van der Waals surface area contributed by atoms with Crippen LogP contribution in [0.25, 0.3) is 0 Å². The number of sulfonamides is 1. The van der Waals surface area contributed by atoms with Crippen LogP contribution >= 0.6 is 15.9 Å². The molecule has 1 aliphatic rings. The van der Waals surface area contributed by atoms with Crippen LogP contribution in [0.1, 0.15) is 19.8 Å². The monoisotopic (exact) mass is 345 g/mol. The summed E-state index contributed by atoms with van der Waals surface area (Å²) in [4.78, 5) is 11.7. The Labute approximate surface area is 122 Å². The zero-order valence-corrected chi connectivity index (χ0v) is 13.1. The standard InChI is InChI=1S/C13H16BrNO3S/c1-10(16)11-3-2-8-15(9-11)19(17,18)13-6-4-12(14)5-7-13/h4-7,11H,2-3,8-9H2,1H3. The summed E-state index contributed by atoms with van der Waals surface area (Å²) in [5.41, 5.74) is 0. The first-order valence-corrected chi connectivity index (χ1v) is 8.41. The molecule has 0 saturated carbocycles. The summed E-state index contributed by atoms with van der Waals surface area (Å²) >= 11 is 3.28. The summed E-state index contributed by atoms with van der Waals surface area (Å²) in [6, 6.07) is 6.58. The van der Waals surface area contributed by atoms with Crippen molar-refractivity contribution in [1.82, 2.24) is 4.31 Å². The number of carbonyl (C=O) groups excluding carboxylic acids is 1. The minimum atomic E-state index is -3.48. The largest absolute Gasteiger partial charge is 0.300 e. The van der Waals surface area contributed by atoms with Crippen LogP contribution in [0.2, 0.25) is 0 Å². The number of piperidine rings is 1. The number of Topliss-reactive ketones (excluding diaryl/α,β-unsaturated/α-hetero) is 1. The van der Waals surface area contributed by atoms with Crippen molar-refractivity contribution in [2.75, 3.05) is 13.1 Å². The fraction of sp³-hybridized carbons (Fsp3) is 0.462. The lowest BCUT2D eigenvalue weighted by molar-refractivity contribution is -0.121. The van der Waals surface area contributed by atoms with Crippen molar-refractivity contribution in [3.8, 4) is 0 Å². The van der Waals surface area contributed by atoms with Gasteiger partial charge in [-0.15, -0.1) is 0 Å². The van der Waals surface area contributed by atoms with Gasteiger partial charge in [-0.3, -0.25) is 4.79 Å². The average Bonchev–Trinajstić information content (AvgIpc) is 2.39. The number of halogens is 1. The molecule has 1 aliphatic heterocycles. The summed E-state index contributed by atoms with van der Waals surface area (Å²) < 4.78 is 27.2. The molecule has 1 fully saturated rings. The average molecular weight is 346 g/mol. The fourth-order valence-electron chi connectivity index (χ4n) is 2.25. The van der Waals surface area contributed by atoms with Crippen molar-refractivity contribution < 1.29 is 13.2 Å². The number of hydrogen-bond donors (Lipinski definition) is 0. The summed E-state index contributed by atoms with van der Waals surface area (Å²) in [6.45, 7) is 2.32. The lowest BCUT2D eigenvalue weighted by atomic mass is 9.96. The van der Waals surface area contributed by atoms with Crippen LogP contribution in [0.3, 0.4) is 0 Å². The number of carbonyl (C=O) groups is 1. The second-order valence-corrected chi connectivity index (χ2v) is 7.62. The first kappa shape index (κ1) is 14.7. The Bertz CT molecular complexity index is 568. The summed E-state index contributed by atoms with van der Waals surface area (Å²) in [6.07, 6.45) is 1.52. The van der Waals surface area contributed by atoms with Crippen LogP contribution in [0.4, 0.5) is 0 Å². The van der Waals surface area contributed by atoms with Gasteiger partial charge in [0.15, 0.2) is 0 Å². The summed E-state index contributed by atoms with van der Waals surface area (Å²) in [5.74, 6) is -0.102. The van der Waals surface area contributed by atoms with E-state index in [1.54, 1.807) is 24.3 Å². The minimum absolute atomic E-state index is 0.0655. The molecule has 4 nitrogen and oxygen atoms in total. The molecular formula is C13H16BrNO3S. The predicted molar refractivity (Wildman–Crippen MR) is 76.3 cm³/mol. The lowest BCUT2D eigenvalue weighted by Gasteiger charge is -2.30. The van der Waals surface area contributed by atoms with Gasteiger partial charge >= 0.3 is 0 Å². The Kier molecular flexibility index (Phi) is 4.43. The van der Waals surface area contributed by atoms with Crippen LogP contribution in [0, 0.1) is 5.92 Å². The molecule has 0 spiro atoms. The molecule has 6 heteroatoms. The van der Waals surface area contributed by atoms with Crippen molar-refractivity contribution in [2.45, 2.75) is 24.7 Å². The topological polar surface area (TPSA) is 54.5 Å². The van der Waals surface area contributed by atoms with E-state index >= 15 is 0 Å². The third-order valence-electron chi connectivity index (χ3n) is 3.41. The molecule has 1 heterocycles. The maximum atomic E-state index is 12.5. The molecule has 19 heavy (non-hydrogen) atoms. The molecule has 2 rings (SSSR count). The van der Waals surface area contributed by atoms with Gasteiger partial charge in [-0.25, -0.2) is 8.42 Å². The van der Waals surface area contributed by atoms with Gasteiger partial charge in [0.2, 0.25) is 10.0 Å². The summed E-state index contributed by atoms with van der Waals surface area (Å²) in [7, 11) is -3.48. The first-order valence-electron chi connectivity index (χ1n) is 6.17. The highest BCUT2D eigenvalue weighted by atomic mass is 79.9.